The van der Waals surface area contributed by atoms with Gasteiger partial charge in [0.1, 0.15) is 0 Å². The van der Waals surface area contributed by atoms with Crippen LogP contribution in [-0.4, -0.2) is 0 Å². The predicted octanol–water partition coefficient (Wildman–Crippen LogP) is -0.544. The summed E-state index contributed by atoms with van der Waals surface area (Å²) in [4.78, 5) is 0. The standard InChI is InChI=1S/C21H16.2ClH.Zr/c1-2-8-16(9-3-1)20-12-6-7-13-21(20)19-14-17-10-4-5-11-18(17)15-19;;;/h1-14H,15H2;2*1H;/q;;;+2/p-2. The number of halogens is 2. The predicted molar refractivity (Wildman–Crippen MR) is 89.9 cm³/mol. The number of fused-ring (bicyclic) bond motifs is 1. The Morgan fingerprint density at radius 1 is 0.583 bits per heavy atom. The maximum atomic E-state index is 2.33. The zero-order valence-electron chi connectivity index (χ0n) is 13.0. The fourth-order valence-corrected chi connectivity index (χ4v) is 3.09. The fraction of sp³-hybridized carbons (Fsp3) is 0.0476. The Morgan fingerprint density at radius 2 is 1.17 bits per heavy atom. The second kappa shape index (κ2) is 9.37. The van der Waals surface area contributed by atoms with E-state index < -0.39 is 0 Å². The van der Waals surface area contributed by atoms with Crippen molar-refractivity contribution in [3.05, 3.63) is 95.6 Å². The summed E-state index contributed by atoms with van der Waals surface area (Å²) in [5.74, 6) is 0. The number of allylic oxidation sites excluding steroid dienone is 1. The van der Waals surface area contributed by atoms with Crippen molar-refractivity contribution in [1.82, 2.24) is 0 Å². The molecule has 0 spiro atoms. The van der Waals surface area contributed by atoms with Gasteiger partial charge in [-0.1, -0.05) is 84.9 Å². The van der Waals surface area contributed by atoms with E-state index >= 15 is 0 Å². The van der Waals surface area contributed by atoms with Crippen molar-refractivity contribution in [3.63, 3.8) is 0 Å². The van der Waals surface area contributed by atoms with Crippen LogP contribution in [0.3, 0.4) is 0 Å². The molecule has 0 saturated carbocycles. The van der Waals surface area contributed by atoms with Crippen LogP contribution in [-0.2, 0) is 32.6 Å². The molecule has 0 atom stereocenters. The van der Waals surface area contributed by atoms with Gasteiger partial charge >= 0.3 is 26.2 Å². The van der Waals surface area contributed by atoms with Gasteiger partial charge < -0.3 is 24.8 Å². The minimum Gasteiger partial charge on any atom is -1.00 e. The molecule has 0 aromatic heterocycles. The minimum absolute atomic E-state index is 0. The smallest absolute Gasteiger partial charge is 1.00 e. The molecule has 0 fully saturated rings. The van der Waals surface area contributed by atoms with Gasteiger partial charge in [-0.25, -0.2) is 0 Å². The van der Waals surface area contributed by atoms with E-state index in [-0.39, 0.29) is 51.0 Å². The summed E-state index contributed by atoms with van der Waals surface area (Å²) in [6.07, 6.45) is 3.36. The third kappa shape index (κ3) is 4.09. The molecule has 0 N–H and O–H groups in total. The number of benzene rings is 3. The second-order valence-electron chi connectivity index (χ2n) is 5.46. The fourth-order valence-electron chi connectivity index (χ4n) is 3.09. The Hall–Kier alpha value is -1.14. The van der Waals surface area contributed by atoms with Crippen LogP contribution in [0.2, 0.25) is 0 Å². The van der Waals surface area contributed by atoms with Gasteiger partial charge in [-0.2, -0.15) is 0 Å². The molecule has 1 aliphatic carbocycles. The van der Waals surface area contributed by atoms with Crippen LogP contribution in [0.5, 0.6) is 0 Å². The third-order valence-corrected chi connectivity index (χ3v) is 4.12. The summed E-state index contributed by atoms with van der Waals surface area (Å²) in [6.45, 7) is 0. The Balaban J connectivity index is 0.000000960. The molecule has 24 heavy (non-hydrogen) atoms. The van der Waals surface area contributed by atoms with E-state index in [1.165, 1.54) is 33.4 Å². The zero-order chi connectivity index (χ0) is 14.1. The Kier molecular flexibility index (Phi) is 8.17. The molecule has 0 amide bonds. The molecule has 0 radical (unpaired) electrons. The molecule has 0 aliphatic heterocycles. The number of hydrogen-bond acceptors (Lipinski definition) is 0. The van der Waals surface area contributed by atoms with E-state index in [2.05, 4.69) is 84.9 Å². The molecule has 0 bridgehead atoms. The van der Waals surface area contributed by atoms with E-state index in [1.54, 1.807) is 0 Å². The summed E-state index contributed by atoms with van der Waals surface area (Å²) in [6, 6.07) is 28.0. The third-order valence-electron chi connectivity index (χ3n) is 4.12. The van der Waals surface area contributed by atoms with Crippen LogP contribution in [0.15, 0.2) is 78.9 Å². The van der Waals surface area contributed by atoms with Gasteiger partial charge in [-0.15, -0.1) is 0 Å². The van der Waals surface area contributed by atoms with Crippen molar-refractivity contribution in [2.45, 2.75) is 6.42 Å². The van der Waals surface area contributed by atoms with Gasteiger partial charge in [0.15, 0.2) is 0 Å². The molecule has 118 valence electrons. The average molecular weight is 430 g/mol. The van der Waals surface area contributed by atoms with Crippen LogP contribution in [0.4, 0.5) is 0 Å². The summed E-state index contributed by atoms with van der Waals surface area (Å²) in [5.41, 5.74) is 8.14. The SMILES string of the molecule is C1=C(c2ccccc2-c2ccccc2)Cc2ccccc21.[Cl-].[Cl-].[Zr+2]. The van der Waals surface area contributed by atoms with E-state index in [9.17, 15) is 0 Å². The van der Waals surface area contributed by atoms with Crippen molar-refractivity contribution in [1.29, 1.82) is 0 Å². The van der Waals surface area contributed by atoms with Crippen molar-refractivity contribution in [2.24, 2.45) is 0 Å². The number of rotatable bonds is 2. The Labute approximate surface area is 174 Å². The molecule has 3 aromatic carbocycles. The minimum atomic E-state index is 0. The molecule has 0 unspecified atom stereocenters. The first-order chi connectivity index (χ1) is 10.4. The molecular formula is C21H16Cl2Zr. The van der Waals surface area contributed by atoms with E-state index in [0.717, 1.165) is 6.42 Å². The topological polar surface area (TPSA) is 0 Å². The van der Waals surface area contributed by atoms with Crippen LogP contribution in [0.25, 0.3) is 22.8 Å². The first kappa shape index (κ1) is 20.9. The summed E-state index contributed by atoms with van der Waals surface area (Å²) in [7, 11) is 0. The first-order valence-electron chi connectivity index (χ1n) is 7.35. The Bertz CT molecular complexity index is 826. The normalized spacial score (nSPS) is 11.2. The van der Waals surface area contributed by atoms with Gasteiger partial charge in [-0.3, -0.25) is 0 Å². The first-order valence-corrected chi connectivity index (χ1v) is 7.35. The molecule has 3 aromatic rings. The van der Waals surface area contributed by atoms with Crippen molar-refractivity contribution >= 4 is 11.6 Å². The second-order valence-corrected chi connectivity index (χ2v) is 5.46. The largest absolute Gasteiger partial charge is 2.00 e. The molecule has 0 heterocycles. The van der Waals surface area contributed by atoms with Crippen LogP contribution in [0.1, 0.15) is 16.7 Å². The van der Waals surface area contributed by atoms with Gasteiger partial charge in [0.25, 0.3) is 0 Å². The summed E-state index contributed by atoms with van der Waals surface area (Å²) in [5, 5.41) is 0. The zero-order valence-corrected chi connectivity index (χ0v) is 17.0. The summed E-state index contributed by atoms with van der Waals surface area (Å²) >= 11 is 0. The average Bonchev–Trinajstić information content (AvgIpc) is 2.99. The van der Waals surface area contributed by atoms with Gasteiger partial charge in [0, 0.05) is 0 Å². The van der Waals surface area contributed by atoms with E-state index in [1.807, 2.05) is 0 Å². The van der Waals surface area contributed by atoms with Crippen molar-refractivity contribution in [3.8, 4) is 11.1 Å². The quantitative estimate of drug-likeness (QED) is 0.512. The van der Waals surface area contributed by atoms with Crippen LogP contribution < -0.4 is 24.8 Å². The molecule has 0 saturated heterocycles. The van der Waals surface area contributed by atoms with Gasteiger partial charge in [0.05, 0.1) is 0 Å². The van der Waals surface area contributed by atoms with Gasteiger partial charge in [0.2, 0.25) is 0 Å². The maximum absolute atomic E-state index is 2.33. The molecular weight excluding hydrogens is 414 g/mol. The van der Waals surface area contributed by atoms with E-state index in [4.69, 9.17) is 0 Å². The summed E-state index contributed by atoms with van der Waals surface area (Å²) < 4.78 is 0. The van der Waals surface area contributed by atoms with Crippen LogP contribution >= 0.6 is 0 Å². The monoisotopic (exact) mass is 428 g/mol. The molecule has 0 nitrogen and oxygen atoms in total. The molecule has 3 heteroatoms. The Morgan fingerprint density at radius 3 is 1.88 bits per heavy atom. The molecule has 1 aliphatic rings. The maximum Gasteiger partial charge on any atom is 2.00 e. The number of hydrogen-bond donors (Lipinski definition) is 0. The van der Waals surface area contributed by atoms with Crippen molar-refractivity contribution < 1.29 is 51.0 Å². The van der Waals surface area contributed by atoms with Gasteiger partial charge in [-0.05, 0) is 39.8 Å². The van der Waals surface area contributed by atoms with E-state index in [0.29, 0.717) is 0 Å². The van der Waals surface area contributed by atoms with Crippen LogP contribution in [0, 0.1) is 0 Å². The molecule has 4 rings (SSSR count). The van der Waals surface area contributed by atoms with Crippen molar-refractivity contribution in [2.75, 3.05) is 0 Å².